The zero-order valence-electron chi connectivity index (χ0n) is 6.47. The molecule has 56 valence electrons. The quantitative estimate of drug-likeness (QED) is 0.569. The highest BCUT2D eigenvalue weighted by molar-refractivity contribution is 5.13. The van der Waals surface area contributed by atoms with Crippen molar-refractivity contribution in [1.82, 2.24) is 0 Å². The molecule has 2 unspecified atom stereocenters. The van der Waals surface area contributed by atoms with Gasteiger partial charge in [-0.3, -0.25) is 0 Å². The van der Waals surface area contributed by atoms with Crippen molar-refractivity contribution in [3.8, 4) is 0 Å². The van der Waals surface area contributed by atoms with Crippen molar-refractivity contribution >= 4 is 0 Å². The first kappa shape index (κ1) is 6.26. The second-order valence-electron chi connectivity index (χ2n) is 3.27. The molecule has 1 fully saturated rings. The molecule has 1 saturated carbocycles. The molecule has 2 bridgehead atoms. The molecule has 1 heteroatoms. The summed E-state index contributed by atoms with van der Waals surface area (Å²) < 4.78 is 5.50. The van der Waals surface area contributed by atoms with Crippen molar-refractivity contribution in [3.05, 3.63) is 11.8 Å². The van der Waals surface area contributed by atoms with Crippen LogP contribution in [0, 0.1) is 11.8 Å². The number of rotatable bonds is 2. The van der Waals surface area contributed by atoms with Crippen molar-refractivity contribution in [2.75, 3.05) is 6.61 Å². The minimum absolute atomic E-state index is 0.796. The van der Waals surface area contributed by atoms with Gasteiger partial charge < -0.3 is 4.74 Å². The maximum Gasteiger partial charge on any atom is 0.0953 e. The SMILES string of the molecule is CCOC1=CC2CCC1C2. The van der Waals surface area contributed by atoms with Gasteiger partial charge in [-0.15, -0.1) is 0 Å². The summed E-state index contributed by atoms with van der Waals surface area (Å²) in [7, 11) is 0. The molecule has 0 heterocycles. The zero-order chi connectivity index (χ0) is 6.97. The van der Waals surface area contributed by atoms with Gasteiger partial charge in [0.05, 0.1) is 12.4 Å². The Balaban J connectivity index is 2.03. The average molecular weight is 138 g/mol. The van der Waals surface area contributed by atoms with Crippen molar-refractivity contribution < 1.29 is 4.74 Å². The molecular formula is C9H14O. The maximum absolute atomic E-state index is 5.50. The lowest BCUT2D eigenvalue weighted by atomic mass is 10.1. The fourth-order valence-electron chi connectivity index (χ4n) is 2.13. The van der Waals surface area contributed by atoms with E-state index in [-0.39, 0.29) is 0 Å². The van der Waals surface area contributed by atoms with Gasteiger partial charge in [-0.25, -0.2) is 0 Å². The molecule has 2 atom stereocenters. The van der Waals surface area contributed by atoms with Gasteiger partial charge >= 0.3 is 0 Å². The molecule has 2 aliphatic rings. The van der Waals surface area contributed by atoms with Crippen LogP contribution in [-0.4, -0.2) is 6.61 Å². The van der Waals surface area contributed by atoms with Crippen molar-refractivity contribution in [2.24, 2.45) is 11.8 Å². The van der Waals surface area contributed by atoms with Crippen LogP contribution in [0.5, 0.6) is 0 Å². The molecule has 0 aromatic heterocycles. The number of fused-ring (bicyclic) bond motifs is 2. The van der Waals surface area contributed by atoms with Crippen LogP contribution >= 0.6 is 0 Å². The Hall–Kier alpha value is -0.460. The molecule has 10 heavy (non-hydrogen) atoms. The topological polar surface area (TPSA) is 9.23 Å². The largest absolute Gasteiger partial charge is 0.498 e. The summed E-state index contributed by atoms with van der Waals surface area (Å²) in [5, 5.41) is 0. The normalized spacial score (nSPS) is 36.3. The lowest BCUT2D eigenvalue weighted by Gasteiger charge is -2.12. The smallest absolute Gasteiger partial charge is 0.0953 e. The second kappa shape index (κ2) is 2.30. The molecule has 0 N–H and O–H groups in total. The fourth-order valence-corrected chi connectivity index (χ4v) is 2.13. The molecule has 0 saturated heterocycles. The van der Waals surface area contributed by atoms with Gasteiger partial charge in [0, 0.05) is 5.92 Å². The third-order valence-electron chi connectivity index (χ3n) is 2.59. The van der Waals surface area contributed by atoms with Gasteiger partial charge in [-0.05, 0) is 38.2 Å². The summed E-state index contributed by atoms with van der Waals surface area (Å²) >= 11 is 0. The lowest BCUT2D eigenvalue weighted by Crippen LogP contribution is -2.01. The van der Waals surface area contributed by atoms with Crippen molar-refractivity contribution in [1.29, 1.82) is 0 Å². The van der Waals surface area contributed by atoms with E-state index < -0.39 is 0 Å². The minimum Gasteiger partial charge on any atom is -0.498 e. The molecule has 0 spiro atoms. The minimum atomic E-state index is 0.796. The Bertz CT molecular complexity index is 160. The van der Waals surface area contributed by atoms with Gasteiger partial charge in [-0.1, -0.05) is 0 Å². The van der Waals surface area contributed by atoms with Crippen LogP contribution < -0.4 is 0 Å². The Morgan fingerprint density at radius 3 is 3.00 bits per heavy atom. The Labute approximate surface area is 62.1 Å². The summed E-state index contributed by atoms with van der Waals surface area (Å²) in [5.41, 5.74) is 0. The molecular weight excluding hydrogens is 124 g/mol. The van der Waals surface area contributed by atoms with Crippen LogP contribution in [0.2, 0.25) is 0 Å². The summed E-state index contributed by atoms with van der Waals surface area (Å²) in [6.45, 7) is 2.90. The highest BCUT2D eigenvalue weighted by Crippen LogP contribution is 2.43. The Morgan fingerprint density at radius 2 is 2.50 bits per heavy atom. The highest BCUT2D eigenvalue weighted by atomic mass is 16.5. The van der Waals surface area contributed by atoms with Crippen LogP contribution in [0.4, 0.5) is 0 Å². The molecule has 0 aromatic carbocycles. The Kier molecular flexibility index (Phi) is 1.44. The van der Waals surface area contributed by atoms with Gasteiger partial charge in [0.15, 0.2) is 0 Å². The lowest BCUT2D eigenvalue weighted by molar-refractivity contribution is 0.195. The number of allylic oxidation sites excluding steroid dienone is 2. The maximum atomic E-state index is 5.50. The predicted octanol–water partition coefficient (Wildman–Crippen LogP) is 2.34. The third kappa shape index (κ3) is 0.845. The molecule has 0 radical (unpaired) electrons. The van der Waals surface area contributed by atoms with E-state index >= 15 is 0 Å². The first-order valence-corrected chi connectivity index (χ1v) is 4.24. The van der Waals surface area contributed by atoms with E-state index in [1.54, 1.807) is 0 Å². The monoisotopic (exact) mass is 138 g/mol. The predicted molar refractivity (Wildman–Crippen MR) is 40.5 cm³/mol. The molecule has 2 rings (SSSR count). The van der Waals surface area contributed by atoms with E-state index in [9.17, 15) is 0 Å². The Morgan fingerprint density at radius 1 is 1.60 bits per heavy atom. The summed E-state index contributed by atoms with van der Waals surface area (Å²) in [6, 6.07) is 0. The highest BCUT2D eigenvalue weighted by Gasteiger charge is 2.33. The first-order chi connectivity index (χ1) is 4.90. The standard InChI is InChI=1S/C9H14O/c1-2-10-9-6-7-3-4-8(9)5-7/h6-8H,2-5H2,1H3. The van der Waals surface area contributed by atoms with Crippen LogP contribution in [0.25, 0.3) is 0 Å². The number of hydrogen-bond acceptors (Lipinski definition) is 1. The van der Waals surface area contributed by atoms with Gasteiger partial charge in [0.2, 0.25) is 0 Å². The van der Waals surface area contributed by atoms with Crippen LogP contribution in [-0.2, 0) is 4.74 Å². The van der Waals surface area contributed by atoms with E-state index in [2.05, 4.69) is 13.0 Å². The number of hydrogen-bond donors (Lipinski definition) is 0. The second-order valence-corrected chi connectivity index (χ2v) is 3.27. The number of ether oxygens (including phenoxy) is 1. The van der Waals surface area contributed by atoms with E-state index in [1.807, 2.05) is 0 Å². The van der Waals surface area contributed by atoms with Gasteiger partial charge in [-0.2, -0.15) is 0 Å². The van der Waals surface area contributed by atoms with E-state index in [0.717, 1.165) is 18.4 Å². The fraction of sp³-hybridized carbons (Fsp3) is 0.778. The van der Waals surface area contributed by atoms with Crippen LogP contribution in [0.1, 0.15) is 26.2 Å². The van der Waals surface area contributed by atoms with Crippen molar-refractivity contribution in [3.63, 3.8) is 0 Å². The molecule has 1 nitrogen and oxygen atoms in total. The average Bonchev–Trinajstić information content (AvgIpc) is 2.48. The van der Waals surface area contributed by atoms with E-state index in [0.29, 0.717) is 0 Å². The summed E-state index contributed by atoms with van der Waals surface area (Å²) in [6.07, 6.45) is 6.48. The first-order valence-electron chi connectivity index (χ1n) is 4.24. The third-order valence-corrected chi connectivity index (χ3v) is 2.59. The zero-order valence-corrected chi connectivity index (χ0v) is 6.47. The van der Waals surface area contributed by atoms with Crippen LogP contribution in [0.15, 0.2) is 11.8 Å². The molecule has 2 aliphatic carbocycles. The van der Waals surface area contributed by atoms with Crippen LogP contribution in [0.3, 0.4) is 0 Å². The summed E-state index contributed by atoms with van der Waals surface area (Å²) in [4.78, 5) is 0. The van der Waals surface area contributed by atoms with E-state index in [4.69, 9.17) is 4.74 Å². The molecule has 0 aliphatic heterocycles. The van der Waals surface area contributed by atoms with Crippen molar-refractivity contribution in [2.45, 2.75) is 26.2 Å². The summed E-state index contributed by atoms with van der Waals surface area (Å²) in [5.74, 6) is 2.95. The van der Waals surface area contributed by atoms with Gasteiger partial charge in [0.25, 0.3) is 0 Å². The molecule has 0 aromatic rings. The molecule has 0 amide bonds. The van der Waals surface area contributed by atoms with Gasteiger partial charge in [0.1, 0.15) is 0 Å². The van der Waals surface area contributed by atoms with E-state index in [1.165, 1.54) is 25.0 Å².